The van der Waals surface area contributed by atoms with Crippen molar-refractivity contribution in [1.29, 1.82) is 0 Å². The van der Waals surface area contributed by atoms with Crippen LogP contribution in [0.5, 0.6) is 23.0 Å². The molecule has 4 N–H and O–H groups in total. The first kappa shape index (κ1) is 21.8. The Morgan fingerprint density at radius 2 is 1.79 bits per heavy atom. The van der Waals surface area contributed by atoms with Crippen LogP contribution in [0.2, 0.25) is 0 Å². The molecule has 0 fully saturated rings. The van der Waals surface area contributed by atoms with Gasteiger partial charge in [0.15, 0.2) is 0 Å². The normalized spacial score (nSPS) is 10.6. The number of nitrogens with one attached hydrogen (secondary N) is 1. The maximum Gasteiger partial charge on any atom is 0.211 e. The number of hydrogen-bond acceptors (Lipinski definition) is 6. The molecule has 0 unspecified atom stereocenters. The summed E-state index contributed by atoms with van der Waals surface area (Å²) in [5.41, 5.74) is 9.89. The van der Waals surface area contributed by atoms with Gasteiger partial charge < -0.3 is 25.6 Å². The summed E-state index contributed by atoms with van der Waals surface area (Å²) in [6.07, 6.45) is 0.531. The van der Waals surface area contributed by atoms with Crippen LogP contribution in [0, 0.1) is 13.8 Å². The smallest absolute Gasteiger partial charge is 0.211 e. The number of aryl methyl sites for hydroxylation is 1. The first-order chi connectivity index (χ1) is 15.9. The van der Waals surface area contributed by atoms with Gasteiger partial charge in [0.1, 0.15) is 34.5 Å². The van der Waals surface area contributed by atoms with E-state index in [9.17, 15) is 9.90 Å². The molecule has 0 atom stereocenters. The molecule has 0 radical (unpaired) electrons. The number of ether oxygens (including phenoxy) is 2. The average Bonchev–Trinajstić information content (AvgIpc) is 3.08. The molecule has 1 heterocycles. The SMILES string of the molecule is COc1cc(O)c(-c2nn(-c3ccc(Oc4ccccc4)cc3C)c(N)c2C)c(NC=O)c1. The Bertz CT molecular complexity index is 1320. The molecule has 0 aliphatic heterocycles. The number of nitrogen functional groups attached to an aromatic ring is 1. The molecule has 0 saturated heterocycles. The molecule has 0 aliphatic carbocycles. The zero-order valence-electron chi connectivity index (χ0n) is 18.5. The van der Waals surface area contributed by atoms with Crippen LogP contribution in [0.25, 0.3) is 16.9 Å². The molecule has 0 bridgehead atoms. The number of nitrogens with zero attached hydrogens (tertiary/aromatic N) is 2. The number of aromatic nitrogens is 2. The minimum Gasteiger partial charge on any atom is -0.507 e. The van der Waals surface area contributed by atoms with E-state index in [2.05, 4.69) is 10.4 Å². The molecule has 4 rings (SSSR count). The zero-order chi connectivity index (χ0) is 23.5. The number of aromatic hydroxyl groups is 1. The number of para-hydroxylation sites is 1. The Labute approximate surface area is 191 Å². The molecule has 1 amide bonds. The average molecular weight is 444 g/mol. The third-order valence-corrected chi connectivity index (χ3v) is 5.32. The largest absolute Gasteiger partial charge is 0.507 e. The lowest BCUT2D eigenvalue weighted by Crippen LogP contribution is -2.04. The van der Waals surface area contributed by atoms with Crippen LogP contribution in [-0.4, -0.2) is 28.4 Å². The van der Waals surface area contributed by atoms with Crippen LogP contribution in [0.15, 0.2) is 60.7 Å². The fraction of sp³-hybridized carbons (Fsp3) is 0.120. The number of methoxy groups -OCH3 is 1. The van der Waals surface area contributed by atoms with Gasteiger partial charge >= 0.3 is 0 Å². The standard InChI is InChI=1S/C25H24N4O4/c1-15-11-18(33-17-7-5-4-6-8-17)9-10-21(15)29-25(26)16(2)24(28-29)23-20(27-14-30)12-19(32-3)13-22(23)31/h4-14,31H,26H2,1-3H3,(H,27,30). The van der Waals surface area contributed by atoms with Crippen molar-refractivity contribution in [1.82, 2.24) is 9.78 Å². The maximum atomic E-state index is 11.2. The number of hydrogen-bond donors (Lipinski definition) is 3. The van der Waals surface area contributed by atoms with Crippen molar-refractivity contribution in [2.45, 2.75) is 13.8 Å². The van der Waals surface area contributed by atoms with Gasteiger partial charge in [0.2, 0.25) is 6.41 Å². The van der Waals surface area contributed by atoms with Crippen LogP contribution in [0.3, 0.4) is 0 Å². The number of phenolic OH excluding ortho intramolecular Hbond substituents is 1. The molecule has 33 heavy (non-hydrogen) atoms. The van der Waals surface area contributed by atoms with Crippen molar-refractivity contribution in [2.24, 2.45) is 0 Å². The van der Waals surface area contributed by atoms with Crippen molar-refractivity contribution in [3.05, 3.63) is 71.8 Å². The monoisotopic (exact) mass is 444 g/mol. The van der Waals surface area contributed by atoms with Crippen molar-refractivity contribution < 1.29 is 19.4 Å². The van der Waals surface area contributed by atoms with E-state index in [1.165, 1.54) is 13.2 Å². The van der Waals surface area contributed by atoms with Gasteiger partial charge in [-0.25, -0.2) is 4.68 Å². The van der Waals surface area contributed by atoms with Crippen LogP contribution < -0.4 is 20.5 Å². The highest BCUT2D eigenvalue weighted by atomic mass is 16.5. The Hall–Kier alpha value is -4.46. The highest BCUT2D eigenvalue weighted by Gasteiger charge is 2.22. The summed E-state index contributed by atoms with van der Waals surface area (Å²) in [5.74, 6) is 2.16. The second kappa shape index (κ2) is 8.96. The first-order valence-corrected chi connectivity index (χ1v) is 10.2. The van der Waals surface area contributed by atoms with Crippen molar-refractivity contribution in [3.63, 3.8) is 0 Å². The van der Waals surface area contributed by atoms with Gasteiger partial charge in [-0.1, -0.05) is 18.2 Å². The highest BCUT2D eigenvalue weighted by Crippen LogP contribution is 2.42. The van der Waals surface area contributed by atoms with Crippen molar-refractivity contribution >= 4 is 17.9 Å². The molecular weight excluding hydrogens is 420 g/mol. The molecule has 1 aromatic heterocycles. The first-order valence-electron chi connectivity index (χ1n) is 10.2. The fourth-order valence-electron chi connectivity index (χ4n) is 3.63. The van der Waals surface area contributed by atoms with Crippen molar-refractivity contribution in [3.8, 4) is 39.9 Å². The summed E-state index contributed by atoms with van der Waals surface area (Å²) in [7, 11) is 1.48. The van der Waals surface area contributed by atoms with Gasteiger partial charge in [-0.05, 0) is 49.7 Å². The number of amides is 1. The summed E-state index contributed by atoms with van der Waals surface area (Å²) in [5, 5.41) is 17.9. The van der Waals surface area contributed by atoms with Crippen molar-refractivity contribution in [2.75, 3.05) is 18.2 Å². The van der Waals surface area contributed by atoms with Gasteiger partial charge in [-0.2, -0.15) is 5.10 Å². The maximum absolute atomic E-state index is 11.2. The molecular formula is C25H24N4O4. The van der Waals surface area contributed by atoms with Gasteiger partial charge in [-0.15, -0.1) is 0 Å². The number of carbonyl (C=O) groups is 1. The molecule has 0 spiro atoms. The van der Waals surface area contributed by atoms with E-state index >= 15 is 0 Å². The van der Waals surface area contributed by atoms with Crippen LogP contribution in [0.4, 0.5) is 11.5 Å². The molecule has 3 aromatic carbocycles. The molecule has 168 valence electrons. The van der Waals surface area contributed by atoms with Gasteiger partial charge in [0.05, 0.1) is 24.0 Å². The van der Waals surface area contributed by atoms with E-state index < -0.39 is 0 Å². The van der Waals surface area contributed by atoms with Gasteiger partial charge in [0, 0.05) is 17.7 Å². The van der Waals surface area contributed by atoms with Crippen LogP contribution >= 0.6 is 0 Å². The Balaban J connectivity index is 1.76. The van der Waals surface area contributed by atoms with E-state index in [-0.39, 0.29) is 5.75 Å². The number of carbonyl (C=O) groups excluding carboxylic acids is 1. The Morgan fingerprint density at radius 1 is 1.03 bits per heavy atom. The summed E-state index contributed by atoms with van der Waals surface area (Å²) < 4.78 is 12.7. The van der Waals surface area contributed by atoms with E-state index in [4.69, 9.17) is 15.2 Å². The number of rotatable bonds is 7. The minimum atomic E-state index is -0.0882. The quantitative estimate of drug-likeness (QED) is 0.353. The summed E-state index contributed by atoms with van der Waals surface area (Å²) in [6.45, 7) is 3.75. The third kappa shape index (κ3) is 4.18. The second-order valence-electron chi connectivity index (χ2n) is 7.47. The highest BCUT2D eigenvalue weighted by molar-refractivity contribution is 5.90. The Morgan fingerprint density at radius 3 is 2.45 bits per heavy atom. The topological polar surface area (TPSA) is 112 Å². The summed E-state index contributed by atoms with van der Waals surface area (Å²) in [6, 6.07) is 18.2. The van der Waals surface area contributed by atoms with Crippen LogP contribution in [-0.2, 0) is 4.79 Å². The molecule has 0 aliphatic rings. The van der Waals surface area contributed by atoms with Gasteiger partial charge in [-0.3, -0.25) is 4.79 Å². The third-order valence-electron chi connectivity index (χ3n) is 5.32. The van der Waals surface area contributed by atoms with E-state index in [1.54, 1.807) is 10.7 Å². The lowest BCUT2D eigenvalue weighted by Gasteiger charge is -2.12. The number of anilines is 2. The van der Waals surface area contributed by atoms with Gasteiger partial charge in [0.25, 0.3) is 0 Å². The number of nitrogens with two attached hydrogens (primary N) is 1. The number of benzene rings is 3. The van der Waals surface area contributed by atoms with E-state index in [0.717, 1.165) is 17.0 Å². The summed E-state index contributed by atoms with van der Waals surface area (Å²) >= 11 is 0. The number of phenols is 1. The summed E-state index contributed by atoms with van der Waals surface area (Å²) in [4.78, 5) is 11.2. The molecule has 4 aromatic rings. The van der Waals surface area contributed by atoms with Crippen LogP contribution in [0.1, 0.15) is 11.1 Å². The second-order valence-corrected chi connectivity index (χ2v) is 7.47. The Kier molecular flexibility index (Phi) is 5.91. The zero-order valence-corrected chi connectivity index (χ0v) is 18.5. The predicted octanol–water partition coefficient (Wildman–Crippen LogP) is 4.81. The lowest BCUT2D eigenvalue weighted by atomic mass is 10.0. The minimum absolute atomic E-state index is 0.0882. The predicted molar refractivity (Wildman–Crippen MR) is 127 cm³/mol. The molecule has 0 saturated carbocycles. The fourth-order valence-corrected chi connectivity index (χ4v) is 3.63. The molecule has 8 nitrogen and oxygen atoms in total. The lowest BCUT2D eigenvalue weighted by molar-refractivity contribution is -0.105. The van der Waals surface area contributed by atoms with E-state index in [1.807, 2.05) is 62.4 Å². The van der Waals surface area contributed by atoms with E-state index in [0.29, 0.717) is 46.2 Å². The molecule has 8 heteroatoms.